The summed E-state index contributed by atoms with van der Waals surface area (Å²) in [5, 5.41) is 3.30. The summed E-state index contributed by atoms with van der Waals surface area (Å²) in [5.41, 5.74) is 1.47. The Labute approximate surface area is 111 Å². The first-order valence-electron chi connectivity index (χ1n) is 6.28. The van der Waals surface area contributed by atoms with E-state index in [2.05, 4.69) is 10.3 Å². The maximum absolute atomic E-state index is 13.4. The molecule has 1 heterocycles. The number of halogens is 2. The van der Waals surface area contributed by atoms with Gasteiger partial charge in [0.15, 0.2) is 11.6 Å². The second kappa shape index (κ2) is 5.93. The number of benzene rings is 1. The van der Waals surface area contributed by atoms with Gasteiger partial charge in [0, 0.05) is 13.2 Å². The number of nitrogens with one attached hydrogen (secondary N) is 1. The third-order valence-electron chi connectivity index (χ3n) is 2.90. The molecule has 0 spiro atoms. The van der Waals surface area contributed by atoms with E-state index in [1.54, 1.807) is 12.4 Å². The number of hydrogen-bond donors (Lipinski definition) is 1. The zero-order valence-corrected chi connectivity index (χ0v) is 11.0. The van der Waals surface area contributed by atoms with E-state index in [4.69, 9.17) is 0 Å². The molecule has 0 radical (unpaired) electrons. The Kier molecular flexibility index (Phi) is 4.27. The number of rotatable bonds is 5. The summed E-state index contributed by atoms with van der Waals surface area (Å²) in [6, 6.07) is 3.72. The first kappa shape index (κ1) is 13.7. The van der Waals surface area contributed by atoms with Gasteiger partial charge < -0.3 is 9.88 Å². The van der Waals surface area contributed by atoms with Crippen LogP contribution in [0.3, 0.4) is 0 Å². The zero-order valence-electron chi connectivity index (χ0n) is 11.0. The first-order valence-corrected chi connectivity index (χ1v) is 6.28. The molecule has 0 saturated carbocycles. The summed E-state index contributed by atoms with van der Waals surface area (Å²) >= 11 is 0. The summed E-state index contributed by atoms with van der Waals surface area (Å²) < 4.78 is 28.2. The zero-order chi connectivity index (χ0) is 13.8. The van der Waals surface area contributed by atoms with Crippen LogP contribution in [0.4, 0.5) is 8.78 Å². The second-order valence-electron chi connectivity index (χ2n) is 4.52. The molecular formula is C14H17F2N3. The molecule has 0 saturated heterocycles. The predicted molar refractivity (Wildman–Crippen MR) is 69.7 cm³/mol. The maximum Gasteiger partial charge on any atom is 0.159 e. The van der Waals surface area contributed by atoms with Crippen LogP contribution < -0.4 is 5.32 Å². The van der Waals surface area contributed by atoms with Crippen LogP contribution in [0.15, 0.2) is 30.7 Å². The van der Waals surface area contributed by atoms with Crippen LogP contribution in [0, 0.1) is 11.6 Å². The molecule has 102 valence electrons. The van der Waals surface area contributed by atoms with Gasteiger partial charge in [0.05, 0.1) is 18.1 Å². The molecule has 3 nitrogen and oxygen atoms in total. The topological polar surface area (TPSA) is 29.9 Å². The lowest BCUT2D eigenvalue weighted by molar-refractivity contribution is 0.502. The first-order chi connectivity index (χ1) is 9.11. The number of aromatic nitrogens is 2. The minimum Gasteiger partial charge on any atom is -0.340 e. The van der Waals surface area contributed by atoms with Crippen molar-refractivity contribution in [3.63, 3.8) is 0 Å². The fourth-order valence-corrected chi connectivity index (χ4v) is 1.96. The lowest BCUT2D eigenvalue weighted by Crippen LogP contribution is -2.23. The van der Waals surface area contributed by atoms with E-state index in [1.807, 2.05) is 24.7 Å². The Morgan fingerprint density at radius 2 is 2.11 bits per heavy atom. The van der Waals surface area contributed by atoms with Crippen LogP contribution in [0.2, 0.25) is 0 Å². The molecule has 1 atom stereocenters. The van der Waals surface area contributed by atoms with Crippen LogP contribution in [-0.4, -0.2) is 16.1 Å². The standard InChI is InChI=1S/C14H17F2N3/c1-3-6-17-14(13-8-19(2)9-18-13)10-4-5-11(15)12(16)7-10/h4-5,7-9,14,17H,3,6H2,1-2H3. The van der Waals surface area contributed by atoms with Gasteiger partial charge in [0.2, 0.25) is 0 Å². The summed E-state index contributed by atoms with van der Waals surface area (Å²) in [5.74, 6) is -1.67. The molecule has 1 N–H and O–H groups in total. The normalized spacial score (nSPS) is 12.6. The molecule has 2 aromatic rings. The molecule has 1 aromatic heterocycles. The predicted octanol–water partition coefficient (Wildman–Crippen LogP) is 2.79. The van der Waals surface area contributed by atoms with Crippen molar-refractivity contribution >= 4 is 0 Å². The highest BCUT2D eigenvalue weighted by molar-refractivity contribution is 5.28. The molecule has 5 heteroatoms. The van der Waals surface area contributed by atoms with Crippen molar-refractivity contribution in [2.75, 3.05) is 6.54 Å². The third-order valence-corrected chi connectivity index (χ3v) is 2.90. The molecule has 19 heavy (non-hydrogen) atoms. The molecule has 0 aliphatic rings. The summed E-state index contributed by atoms with van der Waals surface area (Å²) in [6.45, 7) is 2.83. The molecule has 0 bridgehead atoms. The van der Waals surface area contributed by atoms with Gasteiger partial charge in [-0.2, -0.15) is 0 Å². The van der Waals surface area contributed by atoms with Gasteiger partial charge in [0.1, 0.15) is 0 Å². The molecule has 1 aromatic carbocycles. The van der Waals surface area contributed by atoms with Crippen molar-refractivity contribution in [1.29, 1.82) is 0 Å². The average molecular weight is 265 g/mol. The van der Waals surface area contributed by atoms with E-state index < -0.39 is 11.6 Å². The van der Waals surface area contributed by atoms with Gasteiger partial charge in [-0.3, -0.25) is 0 Å². The molecule has 0 aliphatic carbocycles. The highest BCUT2D eigenvalue weighted by Crippen LogP contribution is 2.22. The molecule has 0 aliphatic heterocycles. The van der Waals surface area contributed by atoms with Crippen LogP contribution in [-0.2, 0) is 7.05 Å². The molecule has 1 unspecified atom stereocenters. The second-order valence-corrected chi connectivity index (χ2v) is 4.52. The number of imidazole rings is 1. The number of hydrogen-bond acceptors (Lipinski definition) is 2. The summed E-state index contributed by atoms with van der Waals surface area (Å²) in [4.78, 5) is 4.28. The van der Waals surface area contributed by atoms with Crippen molar-refractivity contribution < 1.29 is 8.78 Å². The minimum absolute atomic E-state index is 0.226. The average Bonchev–Trinajstić information content (AvgIpc) is 2.80. The highest BCUT2D eigenvalue weighted by Gasteiger charge is 2.17. The Bertz CT molecular complexity index is 551. The van der Waals surface area contributed by atoms with E-state index in [9.17, 15) is 8.78 Å². The van der Waals surface area contributed by atoms with Crippen molar-refractivity contribution in [3.8, 4) is 0 Å². The van der Waals surface area contributed by atoms with E-state index in [0.717, 1.165) is 24.7 Å². The van der Waals surface area contributed by atoms with E-state index in [-0.39, 0.29) is 6.04 Å². The maximum atomic E-state index is 13.4. The molecule has 0 amide bonds. The van der Waals surface area contributed by atoms with Crippen molar-refractivity contribution in [1.82, 2.24) is 14.9 Å². The number of aryl methyl sites for hydroxylation is 1. The van der Waals surface area contributed by atoms with Crippen molar-refractivity contribution in [2.24, 2.45) is 7.05 Å². The SMILES string of the molecule is CCCNC(c1ccc(F)c(F)c1)c1cn(C)cn1. The third kappa shape index (κ3) is 3.17. The fourth-order valence-electron chi connectivity index (χ4n) is 1.96. The van der Waals surface area contributed by atoms with E-state index in [1.165, 1.54) is 6.07 Å². The smallest absolute Gasteiger partial charge is 0.159 e. The fraction of sp³-hybridized carbons (Fsp3) is 0.357. The van der Waals surface area contributed by atoms with Crippen LogP contribution in [0.25, 0.3) is 0 Å². The Morgan fingerprint density at radius 1 is 1.32 bits per heavy atom. The van der Waals surface area contributed by atoms with Gasteiger partial charge in [-0.05, 0) is 30.7 Å². The van der Waals surface area contributed by atoms with Gasteiger partial charge in [-0.15, -0.1) is 0 Å². The van der Waals surface area contributed by atoms with Gasteiger partial charge in [0.25, 0.3) is 0 Å². The molecule has 2 rings (SSSR count). The monoisotopic (exact) mass is 265 g/mol. The van der Waals surface area contributed by atoms with Crippen LogP contribution in [0.5, 0.6) is 0 Å². The Hall–Kier alpha value is -1.75. The lowest BCUT2D eigenvalue weighted by Gasteiger charge is -2.17. The largest absolute Gasteiger partial charge is 0.340 e. The van der Waals surface area contributed by atoms with Crippen LogP contribution >= 0.6 is 0 Å². The molecule has 0 fully saturated rings. The van der Waals surface area contributed by atoms with Crippen molar-refractivity contribution in [3.05, 3.63) is 53.6 Å². The van der Waals surface area contributed by atoms with Gasteiger partial charge in [-0.25, -0.2) is 13.8 Å². The van der Waals surface area contributed by atoms with Gasteiger partial charge in [-0.1, -0.05) is 13.0 Å². The summed E-state index contributed by atoms with van der Waals surface area (Å²) in [7, 11) is 1.87. The van der Waals surface area contributed by atoms with Crippen LogP contribution in [0.1, 0.15) is 30.6 Å². The Morgan fingerprint density at radius 3 is 2.68 bits per heavy atom. The van der Waals surface area contributed by atoms with Gasteiger partial charge >= 0.3 is 0 Å². The van der Waals surface area contributed by atoms with E-state index >= 15 is 0 Å². The molecular weight excluding hydrogens is 248 g/mol. The highest BCUT2D eigenvalue weighted by atomic mass is 19.2. The van der Waals surface area contributed by atoms with E-state index in [0.29, 0.717) is 5.56 Å². The number of nitrogens with zero attached hydrogens (tertiary/aromatic N) is 2. The summed E-state index contributed by atoms with van der Waals surface area (Å²) in [6.07, 6.45) is 4.51. The Balaban J connectivity index is 2.33. The lowest BCUT2D eigenvalue weighted by atomic mass is 10.0. The van der Waals surface area contributed by atoms with Crippen molar-refractivity contribution in [2.45, 2.75) is 19.4 Å². The quantitative estimate of drug-likeness (QED) is 0.901. The minimum atomic E-state index is -0.836.